The van der Waals surface area contributed by atoms with Crippen molar-refractivity contribution in [3.05, 3.63) is 34.1 Å². The predicted octanol–water partition coefficient (Wildman–Crippen LogP) is 3.18. The highest BCUT2D eigenvalue weighted by Crippen LogP contribution is 2.20. The Kier molecular flexibility index (Phi) is 4.05. The molecule has 1 unspecified atom stereocenters. The molecule has 0 spiro atoms. The van der Waals surface area contributed by atoms with Gasteiger partial charge in [0.15, 0.2) is 0 Å². The van der Waals surface area contributed by atoms with Crippen LogP contribution in [0.25, 0.3) is 0 Å². The SMILES string of the molecule is Fc1ccc(CNC2CCSC2)c(Br)c1. The third-order valence-electron chi connectivity index (χ3n) is 2.53. The number of rotatable bonds is 3. The number of nitrogens with one attached hydrogen (secondary N) is 1. The monoisotopic (exact) mass is 289 g/mol. The molecule has 1 nitrogen and oxygen atoms in total. The molecule has 2 rings (SSSR count). The van der Waals surface area contributed by atoms with Crippen LogP contribution in [0.3, 0.4) is 0 Å². The van der Waals surface area contributed by atoms with Crippen molar-refractivity contribution in [3.8, 4) is 0 Å². The zero-order valence-corrected chi connectivity index (χ0v) is 10.7. The molecule has 1 N–H and O–H groups in total. The van der Waals surface area contributed by atoms with Gasteiger partial charge in [-0.05, 0) is 29.9 Å². The van der Waals surface area contributed by atoms with E-state index < -0.39 is 0 Å². The summed E-state index contributed by atoms with van der Waals surface area (Å²) in [6, 6.07) is 5.46. The van der Waals surface area contributed by atoms with Gasteiger partial charge in [-0.25, -0.2) is 4.39 Å². The topological polar surface area (TPSA) is 12.0 Å². The lowest BCUT2D eigenvalue weighted by Crippen LogP contribution is -2.28. The first-order chi connectivity index (χ1) is 7.25. The minimum absolute atomic E-state index is 0.193. The van der Waals surface area contributed by atoms with E-state index in [9.17, 15) is 4.39 Å². The minimum Gasteiger partial charge on any atom is -0.309 e. The van der Waals surface area contributed by atoms with Crippen LogP contribution in [0.2, 0.25) is 0 Å². The van der Waals surface area contributed by atoms with E-state index in [4.69, 9.17) is 0 Å². The molecule has 15 heavy (non-hydrogen) atoms. The van der Waals surface area contributed by atoms with Crippen LogP contribution < -0.4 is 5.32 Å². The predicted molar refractivity (Wildman–Crippen MR) is 66.7 cm³/mol. The van der Waals surface area contributed by atoms with Gasteiger partial charge in [-0.1, -0.05) is 22.0 Å². The largest absolute Gasteiger partial charge is 0.309 e. The Bertz CT molecular complexity index is 339. The molecule has 0 radical (unpaired) electrons. The highest BCUT2D eigenvalue weighted by molar-refractivity contribution is 9.10. The normalized spacial score (nSPS) is 20.8. The van der Waals surface area contributed by atoms with Gasteiger partial charge in [0.25, 0.3) is 0 Å². The van der Waals surface area contributed by atoms with Crippen LogP contribution in [0.1, 0.15) is 12.0 Å². The lowest BCUT2D eigenvalue weighted by Gasteiger charge is -2.12. The summed E-state index contributed by atoms with van der Waals surface area (Å²) >= 11 is 5.36. The van der Waals surface area contributed by atoms with Crippen molar-refractivity contribution in [3.63, 3.8) is 0 Å². The molecule has 1 heterocycles. The lowest BCUT2D eigenvalue weighted by molar-refractivity contribution is 0.555. The molecule has 1 aliphatic heterocycles. The summed E-state index contributed by atoms with van der Waals surface area (Å²) in [7, 11) is 0. The second-order valence-corrected chi connectivity index (χ2v) is 5.68. The molecule has 1 aliphatic rings. The molecule has 1 aromatic rings. The number of benzene rings is 1. The number of hydrogen-bond acceptors (Lipinski definition) is 2. The molecule has 0 saturated carbocycles. The maximum absolute atomic E-state index is 12.8. The average molecular weight is 290 g/mol. The van der Waals surface area contributed by atoms with Crippen LogP contribution in [0.15, 0.2) is 22.7 Å². The van der Waals surface area contributed by atoms with E-state index in [2.05, 4.69) is 21.2 Å². The molecule has 0 aliphatic carbocycles. The van der Waals surface area contributed by atoms with Crippen molar-refractivity contribution in [2.45, 2.75) is 19.0 Å². The molecule has 1 atom stereocenters. The minimum atomic E-state index is -0.193. The van der Waals surface area contributed by atoms with Gasteiger partial charge in [-0.3, -0.25) is 0 Å². The molecule has 0 aromatic heterocycles. The molecular formula is C11H13BrFNS. The van der Waals surface area contributed by atoms with Gasteiger partial charge < -0.3 is 5.32 Å². The Balaban J connectivity index is 1.92. The third-order valence-corrected chi connectivity index (χ3v) is 4.43. The van der Waals surface area contributed by atoms with Crippen molar-refractivity contribution < 1.29 is 4.39 Å². The second kappa shape index (κ2) is 5.32. The Morgan fingerprint density at radius 2 is 2.40 bits per heavy atom. The van der Waals surface area contributed by atoms with Crippen LogP contribution in [-0.2, 0) is 6.54 Å². The Hall–Kier alpha value is -0.0600. The van der Waals surface area contributed by atoms with Crippen molar-refractivity contribution >= 4 is 27.7 Å². The summed E-state index contributed by atoms with van der Waals surface area (Å²) < 4.78 is 13.7. The maximum Gasteiger partial charge on any atom is 0.124 e. The molecule has 0 bridgehead atoms. The van der Waals surface area contributed by atoms with E-state index in [0.717, 1.165) is 16.6 Å². The van der Waals surface area contributed by atoms with Gasteiger partial charge in [0.2, 0.25) is 0 Å². The number of hydrogen-bond donors (Lipinski definition) is 1. The van der Waals surface area contributed by atoms with Crippen molar-refractivity contribution in [2.24, 2.45) is 0 Å². The smallest absolute Gasteiger partial charge is 0.124 e. The summed E-state index contributed by atoms with van der Waals surface area (Å²) in [6.45, 7) is 0.812. The average Bonchev–Trinajstić information content (AvgIpc) is 2.69. The van der Waals surface area contributed by atoms with E-state index in [0.29, 0.717) is 6.04 Å². The van der Waals surface area contributed by atoms with Gasteiger partial charge in [0, 0.05) is 22.8 Å². The van der Waals surface area contributed by atoms with E-state index in [1.807, 2.05) is 17.8 Å². The molecule has 0 amide bonds. The second-order valence-electron chi connectivity index (χ2n) is 3.68. The third kappa shape index (κ3) is 3.20. The number of halogens is 2. The van der Waals surface area contributed by atoms with E-state index in [-0.39, 0.29) is 5.82 Å². The van der Waals surface area contributed by atoms with Gasteiger partial charge in [-0.2, -0.15) is 11.8 Å². The van der Waals surface area contributed by atoms with Gasteiger partial charge in [0.05, 0.1) is 0 Å². The van der Waals surface area contributed by atoms with Crippen LogP contribution in [0, 0.1) is 5.82 Å². The molecule has 82 valence electrons. The summed E-state index contributed by atoms with van der Waals surface area (Å²) in [4.78, 5) is 0. The first kappa shape index (κ1) is 11.4. The van der Waals surface area contributed by atoms with Crippen LogP contribution >= 0.6 is 27.7 Å². The molecule has 1 aromatic carbocycles. The quantitative estimate of drug-likeness (QED) is 0.917. The summed E-state index contributed by atoms with van der Waals surface area (Å²) in [5, 5.41) is 3.48. The molecule has 1 fully saturated rings. The first-order valence-corrected chi connectivity index (χ1v) is 6.95. The lowest BCUT2D eigenvalue weighted by atomic mass is 10.2. The zero-order chi connectivity index (χ0) is 10.7. The van der Waals surface area contributed by atoms with Crippen LogP contribution in [0.4, 0.5) is 4.39 Å². The summed E-state index contributed by atoms with van der Waals surface area (Å²) in [6.07, 6.45) is 1.24. The van der Waals surface area contributed by atoms with Gasteiger partial charge >= 0.3 is 0 Å². The highest BCUT2D eigenvalue weighted by Gasteiger charge is 2.14. The Labute approximate surface area is 102 Å². The van der Waals surface area contributed by atoms with Crippen molar-refractivity contribution in [2.75, 3.05) is 11.5 Å². The Morgan fingerprint density at radius 1 is 1.53 bits per heavy atom. The molecule has 1 saturated heterocycles. The van der Waals surface area contributed by atoms with Gasteiger partial charge in [0.1, 0.15) is 5.82 Å². The Morgan fingerprint density at radius 3 is 3.07 bits per heavy atom. The fraction of sp³-hybridized carbons (Fsp3) is 0.455. The van der Waals surface area contributed by atoms with E-state index in [1.54, 1.807) is 0 Å². The van der Waals surface area contributed by atoms with Crippen molar-refractivity contribution in [1.82, 2.24) is 5.32 Å². The number of thioether (sulfide) groups is 1. The van der Waals surface area contributed by atoms with Crippen LogP contribution in [0.5, 0.6) is 0 Å². The van der Waals surface area contributed by atoms with Crippen LogP contribution in [-0.4, -0.2) is 17.5 Å². The summed E-state index contributed by atoms with van der Waals surface area (Å²) in [5.41, 5.74) is 1.12. The van der Waals surface area contributed by atoms with Gasteiger partial charge in [-0.15, -0.1) is 0 Å². The van der Waals surface area contributed by atoms with Crippen molar-refractivity contribution in [1.29, 1.82) is 0 Å². The zero-order valence-electron chi connectivity index (χ0n) is 8.30. The summed E-state index contributed by atoms with van der Waals surface area (Å²) in [5.74, 6) is 2.25. The fourth-order valence-corrected chi connectivity index (χ4v) is 3.29. The maximum atomic E-state index is 12.8. The molecular weight excluding hydrogens is 277 g/mol. The first-order valence-electron chi connectivity index (χ1n) is 5.01. The molecule has 4 heteroatoms. The fourth-order valence-electron chi connectivity index (χ4n) is 1.61. The highest BCUT2D eigenvalue weighted by atomic mass is 79.9. The van der Waals surface area contributed by atoms with E-state index >= 15 is 0 Å². The van der Waals surface area contributed by atoms with E-state index in [1.165, 1.54) is 30.1 Å². The standard InChI is InChI=1S/C11H13BrFNS/c12-11-5-9(13)2-1-8(11)6-14-10-3-4-15-7-10/h1-2,5,10,14H,3-4,6-7H2.